The molecule has 3 nitrogen and oxygen atoms in total. The lowest BCUT2D eigenvalue weighted by Gasteiger charge is -2.14. The van der Waals surface area contributed by atoms with Crippen molar-refractivity contribution in [2.75, 3.05) is 6.54 Å². The zero-order valence-electron chi connectivity index (χ0n) is 9.46. The van der Waals surface area contributed by atoms with E-state index in [-0.39, 0.29) is 0 Å². The monoisotopic (exact) mass is 185 g/mol. The van der Waals surface area contributed by atoms with Gasteiger partial charge in [0.25, 0.3) is 0 Å². The van der Waals surface area contributed by atoms with E-state index in [0.717, 1.165) is 6.54 Å². The minimum Gasteiger partial charge on any atom is -0.370 e. The first-order valence-corrected chi connectivity index (χ1v) is 5.00. The molecule has 0 saturated carbocycles. The van der Waals surface area contributed by atoms with Crippen molar-refractivity contribution < 1.29 is 0 Å². The second-order valence-electron chi connectivity index (χ2n) is 4.25. The van der Waals surface area contributed by atoms with Gasteiger partial charge in [0.1, 0.15) is 0 Å². The maximum absolute atomic E-state index is 5.66. The highest BCUT2D eigenvalue weighted by Gasteiger charge is 2.05. The average molecular weight is 185 g/mol. The topological polar surface area (TPSA) is 50.4 Å². The highest BCUT2D eigenvalue weighted by atomic mass is 15.1. The summed E-state index contributed by atoms with van der Waals surface area (Å²) in [4.78, 5) is 4.27. The van der Waals surface area contributed by atoms with Crippen molar-refractivity contribution in [1.82, 2.24) is 5.32 Å². The van der Waals surface area contributed by atoms with E-state index in [1.807, 2.05) is 13.8 Å². The maximum atomic E-state index is 5.66. The van der Waals surface area contributed by atoms with Crippen LogP contribution in [0.2, 0.25) is 0 Å². The normalized spacial score (nSPS) is 15.2. The van der Waals surface area contributed by atoms with Gasteiger partial charge in [0, 0.05) is 12.6 Å². The standard InChI is InChI=1S/C10H23N3/c1-7(2)9(5)6-12-10(11)13-8(3)4/h7-9H,6H2,1-5H3,(H3,11,12,13). The Morgan fingerprint density at radius 3 is 2.15 bits per heavy atom. The van der Waals surface area contributed by atoms with E-state index < -0.39 is 0 Å². The zero-order valence-corrected chi connectivity index (χ0v) is 9.46. The van der Waals surface area contributed by atoms with E-state index in [1.54, 1.807) is 0 Å². The molecule has 0 bridgehead atoms. The summed E-state index contributed by atoms with van der Waals surface area (Å²) in [5.74, 6) is 1.81. The molecule has 1 atom stereocenters. The highest BCUT2D eigenvalue weighted by Crippen LogP contribution is 2.08. The Hall–Kier alpha value is -0.730. The average Bonchev–Trinajstić information content (AvgIpc) is 1.98. The van der Waals surface area contributed by atoms with Gasteiger partial charge >= 0.3 is 0 Å². The molecule has 0 aliphatic carbocycles. The molecule has 3 heteroatoms. The van der Waals surface area contributed by atoms with Crippen molar-refractivity contribution in [2.24, 2.45) is 22.6 Å². The summed E-state index contributed by atoms with van der Waals surface area (Å²) in [7, 11) is 0. The molecule has 3 N–H and O–H groups in total. The number of hydrogen-bond donors (Lipinski definition) is 2. The first kappa shape index (κ1) is 12.3. The first-order valence-electron chi connectivity index (χ1n) is 5.00. The smallest absolute Gasteiger partial charge is 0.188 e. The Labute approximate surface area is 81.8 Å². The van der Waals surface area contributed by atoms with E-state index in [1.165, 1.54) is 0 Å². The molecule has 0 aromatic rings. The minimum absolute atomic E-state index is 0.359. The van der Waals surface area contributed by atoms with Gasteiger partial charge in [-0.3, -0.25) is 4.99 Å². The third-order valence-corrected chi connectivity index (χ3v) is 2.12. The summed E-state index contributed by atoms with van der Waals surface area (Å²) in [6.45, 7) is 11.5. The van der Waals surface area contributed by atoms with Crippen LogP contribution in [-0.2, 0) is 0 Å². The van der Waals surface area contributed by atoms with Gasteiger partial charge in [0.2, 0.25) is 0 Å². The lowest BCUT2D eigenvalue weighted by atomic mass is 9.99. The summed E-state index contributed by atoms with van der Waals surface area (Å²) in [5, 5.41) is 3.06. The van der Waals surface area contributed by atoms with Gasteiger partial charge in [-0.1, -0.05) is 20.8 Å². The number of guanidine groups is 1. The van der Waals surface area contributed by atoms with Crippen molar-refractivity contribution in [2.45, 2.75) is 40.7 Å². The molecule has 0 saturated heterocycles. The molecule has 0 radical (unpaired) electrons. The molecule has 0 aromatic heterocycles. The molecule has 0 rings (SSSR count). The predicted molar refractivity (Wildman–Crippen MR) is 58.8 cm³/mol. The van der Waals surface area contributed by atoms with Gasteiger partial charge in [-0.15, -0.1) is 0 Å². The van der Waals surface area contributed by atoms with Crippen molar-refractivity contribution in [1.29, 1.82) is 0 Å². The summed E-state index contributed by atoms with van der Waals surface area (Å²) in [5.41, 5.74) is 5.66. The number of hydrogen-bond acceptors (Lipinski definition) is 1. The van der Waals surface area contributed by atoms with Crippen LogP contribution in [0.1, 0.15) is 34.6 Å². The highest BCUT2D eigenvalue weighted by molar-refractivity contribution is 5.78. The van der Waals surface area contributed by atoms with Gasteiger partial charge in [-0.05, 0) is 25.7 Å². The van der Waals surface area contributed by atoms with Crippen LogP contribution in [0.25, 0.3) is 0 Å². The number of aliphatic imine (C=N–C) groups is 1. The van der Waals surface area contributed by atoms with Crippen LogP contribution in [0.5, 0.6) is 0 Å². The second-order valence-corrected chi connectivity index (χ2v) is 4.25. The Kier molecular flexibility index (Phi) is 5.51. The molecule has 0 aliphatic heterocycles. The molecular formula is C10H23N3. The van der Waals surface area contributed by atoms with Crippen molar-refractivity contribution in [3.05, 3.63) is 0 Å². The van der Waals surface area contributed by atoms with Crippen LogP contribution in [0, 0.1) is 11.8 Å². The van der Waals surface area contributed by atoms with Crippen LogP contribution in [0.4, 0.5) is 0 Å². The first-order chi connectivity index (χ1) is 5.93. The molecule has 0 aliphatic rings. The second kappa shape index (κ2) is 5.84. The van der Waals surface area contributed by atoms with Gasteiger partial charge in [0.05, 0.1) is 0 Å². The summed E-state index contributed by atoms with van der Waals surface area (Å²) in [6, 6.07) is 0.359. The van der Waals surface area contributed by atoms with Gasteiger partial charge in [0.15, 0.2) is 5.96 Å². The van der Waals surface area contributed by atoms with Crippen LogP contribution >= 0.6 is 0 Å². The number of nitrogens with zero attached hydrogens (tertiary/aromatic N) is 1. The summed E-state index contributed by atoms with van der Waals surface area (Å²) in [6.07, 6.45) is 0. The van der Waals surface area contributed by atoms with E-state index in [2.05, 4.69) is 31.1 Å². The fourth-order valence-corrected chi connectivity index (χ4v) is 0.795. The molecule has 0 amide bonds. The molecule has 1 unspecified atom stereocenters. The van der Waals surface area contributed by atoms with E-state index in [0.29, 0.717) is 23.8 Å². The minimum atomic E-state index is 0.359. The molecule has 0 aromatic carbocycles. The Bertz CT molecular complexity index is 162. The van der Waals surface area contributed by atoms with Crippen LogP contribution in [0.3, 0.4) is 0 Å². The predicted octanol–water partition coefficient (Wildman–Crippen LogP) is 1.59. The molecule has 0 heterocycles. The number of rotatable bonds is 4. The van der Waals surface area contributed by atoms with Crippen molar-refractivity contribution in [3.63, 3.8) is 0 Å². The van der Waals surface area contributed by atoms with E-state index in [9.17, 15) is 0 Å². The molecule has 0 fully saturated rings. The fourth-order valence-electron chi connectivity index (χ4n) is 0.795. The van der Waals surface area contributed by atoms with Gasteiger partial charge < -0.3 is 11.1 Å². The van der Waals surface area contributed by atoms with E-state index in [4.69, 9.17) is 5.73 Å². The molecular weight excluding hydrogens is 162 g/mol. The lowest BCUT2D eigenvalue weighted by molar-refractivity contribution is 0.429. The third-order valence-electron chi connectivity index (χ3n) is 2.12. The quantitative estimate of drug-likeness (QED) is 0.516. The van der Waals surface area contributed by atoms with Gasteiger partial charge in [-0.2, -0.15) is 0 Å². The number of nitrogens with two attached hydrogens (primary N) is 1. The molecule has 78 valence electrons. The van der Waals surface area contributed by atoms with Crippen LogP contribution < -0.4 is 11.1 Å². The molecule has 0 spiro atoms. The van der Waals surface area contributed by atoms with Crippen LogP contribution in [0.15, 0.2) is 4.99 Å². The zero-order chi connectivity index (χ0) is 10.4. The third kappa shape index (κ3) is 6.43. The molecule has 13 heavy (non-hydrogen) atoms. The van der Waals surface area contributed by atoms with Gasteiger partial charge in [-0.25, -0.2) is 0 Å². The lowest BCUT2D eigenvalue weighted by Crippen LogP contribution is -2.37. The summed E-state index contributed by atoms with van der Waals surface area (Å²) >= 11 is 0. The maximum Gasteiger partial charge on any atom is 0.188 e. The Balaban J connectivity index is 3.82. The van der Waals surface area contributed by atoms with Crippen molar-refractivity contribution in [3.8, 4) is 0 Å². The SMILES string of the molecule is CC(C)NC(N)=NCC(C)C(C)C. The Morgan fingerprint density at radius 2 is 1.77 bits per heavy atom. The van der Waals surface area contributed by atoms with Crippen molar-refractivity contribution >= 4 is 5.96 Å². The largest absolute Gasteiger partial charge is 0.370 e. The fraction of sp³-hybridized carbons (Fsp3) is 0.900. The Morgan fingerprint density at radius 1 is 1.23 bits per heavy atom. The van der Waals surface area contributed by atoms with Crippen LogP contribution in [-0.4, -0.2) is 18.5 Å². The summed E-state index contributed by atoms with van der Waals surface area (Å²) < 4.78 is 0. The van der Waals surface area contributed by atoms with E-state index >= 15 is 0 Å². The number of nitrogens with one attached hydrogen (secondary N) is 1.